The Morgan fingerprint density at radius 2 is 1.90 bits per heavy atom. The molecule has 2 heterocycles. The summed E-state index contributed by atoms with van der Waals surface area (Å²) in [7, 11) is 1.42. The Balaban J connectivity index is 1.80. The van der Waals surface area contributed by atoms with Gasteiger partial charge < -0.3 is 14.8 Å². The fraction of sp³-hybridized carbons (Fsp3) is 0.318. The zero-order valence-corrected chi connectivity index (χ0v) is 18.8. The van der Waals surface area contributed by atoms with E-state index in [-0.39, 0.29) is 17.2 Å². The van der Waals surface area contributed by atoms with Crippen LogP contribution in [0.4, 0.5) is 0 Å². The average Bonchev–Trinajstić information content (AvgIpc) is 3.24. The number of nitrogens with one attached hydrogen (secondary N) is 1. The summed E-state index contributed by atoms with van der Waals surface area (Å²) in [6, 6.07) is 9.27. The van der Waals surface area contributed by atoms with Crippen molar-refractivity contribution in [3.63, 3.8) is 0 Å². The van der Waals surface area contributed by atoms with Gasteiger partial charge in [0, 0.05) is 24.8 Å². The molecule has 31 heavy (non-hydrogen) atoms. The van der Waals surface area contributed by atoms with Crippen molar-refractivity contribution < 1.29 is 19.1 Å². The van der Waals surface area contributed by atoms with Crippen LogP contribution in [-0.2, 0) is 4.79 Å². The second kappa shape index (κ2) is 9.65. The molecular formula is C22H24N4O4S. The molecule has 1 amide bonds. The SMILES string of the molecule is COc1ccnc(C(=O)N[C@@H](C)c2nnc(-c3cccc(C(C)C)c3)s2)c1OC(C)=O. The van der Waals surface area contributed by atoms with Gasteiger partial charge in [-0.1, -0.05) is 43.4 Å². The van der Waals surface area contributed by atoms with Crippen molar-refractivity contribution in [1.29, 1.82) is 0 Å². The minimum absolute atomic E-state index is 0.0225. The van der Waals surface area contributed by atoms with Gasteiger partial charge in [0.2, 0.25) is 5.75 Å². The van der Waals surface area contributed by atoms with E-state index in [4.69, 9.17) is 9.47 Å². The van der Waals surface area contributed by atoms with E-state index < -0.39 is 17.9 Å². The quantitative estimate of drug-likeness (QED) is 0.551. The maximum absolute atomic E-state index is 12.8. The first kappa shape index (κ1) is 22.4. The Morgan fingerprint density at radius 3 is 2.58 bits per heavy atom. The van der Waals surface area contributed by atoms with Gasteiger partial charge in [-0.25, -0.2) is 4.98 Å². The number of esters is 1. The zero-order valence-electron chi connectivity index (χ0n) is 18.0. The lowest BCUT2D eigenvalue weighted by Gasteiger charge is -2.14. The number of nitrogens with zero attached hydrogens (tertiary/aromatic N) is 3. The lowest BCUT2D eigenvalue weighted by Crippen LogP contribution is -2.28. The summed E-state index contributed by atoms with van der Waals surface area (Å²) < 4.78 is 10.3. The van der Waals surface area contributed by atoms with Crippen LogP contribution in [0.5, 0.6) is 11.5 Å². The van der Waals surface area contributed by atoms with Crippen molar-refractivity contribution in [1.82, 2.24) is 20.5 Å². The number of rotatable bonds is 7. The fourth-order valence-electron chi connectivity index (χ4n) is 2.88. The average molecular weight is 441 g/mol. The van der Waals surface area contributed by atoms with Crippen LogP contribution in [0.3, 0.4) is 0 Å². The molecule has 8 nitrogen and oxygen atoms in total. The largest absolute Gasteiger partial charge is 0.493 e. The van der Waals surface area contributed by atoms with Gasteiger partial charge in [0.25, 0.3) is 5.91 Å². The fourth-order valence-corrected chi connectivity index (χ4v) is 3.72. The van der Waals surface area contributed by atoms with Crippen molar-refractivity contribution in [3.8, 4) is 22.1 Å². The van der Waals surface area contributed by atoms with Gasteiger partial charge in [0.05, 0.1) is 13.2 Å². The van der Waals surface area contributed by atoms with E-state index in [9.17, 15) is 9.59 Å². The Bertz CT molecular complexity index is 1100. The summed E-state index contributed by atoms with van der Waals surface area (Å²) in [5.41, 5.74) is 2.16. The van der Waals surface area contributed by atoms with Gasteiger partial charge in [-0.15, -0.1) is 10.2 Å². The molecule has 0 radical (unpaired) electrons. The Morgan fingerprint density at radius 1 is 1.13 bits per heavy atom. The number of methoxy groups -OCH3 is 1. The summed E-state index contributed by atoms with van der Waals surface area (Å²) in [5, 5.41) is 12.8. The molecule has 2 aromatic heterocycles. The van der Waals surface area contributed by atoms with Gasteiger partial charge in [-0.3, -0.25) is 9.59 Å². The predicted molar refractivity (Wildman–Crippen MR) is 117 cm³/mol. The number of carbonyl (C=O) groups is 2. The van der Waals surface area contributed by atoms with Gasteiger partial charge in [0.1, 0.15) is 10.0 Å². The van der Waals surface area contributed by atoms with Crippen LogP contribution in [-0.4, -0.2) is 34.2 Å². The first-order valence-corrected chi connectivity index (χ1v) is 10.6. The van der Waals surface area contributed by atoms with Crippen LogP contribution >= 0.6 is 11.3 Å². The van der Waals surface area contributed by atoms with Crippen LogP contribution < -0.4 is 14.8 Å². The normalized spacial score (nSPS) is 11.8. The molecule has 0 aliphatic heterocycles. The second-order valence-electron chi connectivity index (χ2n) is 7.21. The maximum Gasteiger partial charge on any atom is 0.308 e. The van der Waals surface area contributed by atoms with Crippen LogP contribution in [0.15, 0.2) is 36.5 Å². The topological polar surface area (TPSA) is 103 Å². The van der Waals surface area contributed by atoms with Crippen molar-refractivity contribution in [2.45, 2.75) is 39.7 Å². The van der Waals surface area contributed by atoms with E-state index in [2.05, 4.69) is 46.5 Å². The third-order valence-electron chi connectivity index (χ3n) is 4.51. The van der Waals surface area contributed by atoms with E-state index in [1.807, 2.05) is 12.1 Å². The summed E-state index contributed by atoms with van der Waals surface area (Å²) in [6.07, 6.45) is 1.41. The van der Waals surface area contributed by atoms with Crippen molar-refractivity contribution in [3.05, 3.63) is 52.8 Å². The molecule has 1 atom stereocenters. The number of aromatic nitrogens is 3. The molecular weight excluding hydrogens is 416 g/mol. The van der Waals surface area contributed by atoms with Gasteiger partial charge in [-0.05, 0) is 24.5 Å². The highest BCUT2D eigenvalue weighted by Crippen LogP contribution is 2.31. The number of ether oxygens (including phenoxy) is 2. The molecule has 0 bridgehead atoms. The van der Waals surface area contributed by atoms with E-state index in [1.165, 1.54) is 43.2 Å². The van der Waals surface area contributed by atoms with E-state index in [0.29, 0.717) is 10.9 Å². The Labute approximate surface area is 184 Å². The van der Waals surface area contributed by atoms with Crippen LogP contribution in [0.2, 0.25) is 0 Å². The van der Waals surface area contributed by atoms with Gasteiger partial charge >= 0.3 is 5.97 Å². The smallest absolute Gasteiger partial charge is 0.308 e. The highest BCUT2D eigenvalue weighted by molar-refractivity contribution is 7.14. The Kier molecular flexibility index (Phi) is 6.96. The van der Waals surface area contributed by atoms with Crippen molar-refractivity contribution in [2.24, 2.45) is 0 Å². The summed E-state index contributed by atoms with van der Waals surface area (Å²) in [5.74, 6) is -0.462. The second-order valence-corrected chi connectivity index (χ2v) is 8.21. The number of carbonyl (C=O) groups excluding carboxylic acids is 2. The monoisotopic (exact) mass is 440 g/mol. The number of amides is 1. The minimum atomic E-state index is -0.578. The Hall–Kier alpha value is -3.33. The first-order chi connectivity index (χ1) is 14.8. The standard InChI is InChI=1S/C22H24N4O4S/c1-12(2)15-7-6-8-16(11-15)22-26-25-21(31-22)13(3)24-20(28)18-19(30-14(4)27)17(29-5)9-10-23-18/h6-13H,1-5H3,(H,24,28)/t13-/m0/s1. The third-order valence-corrected chi connectivity index (χ3v) is 5.66. The summed E-state index contributed by atoms with van der Waals surface area (Å²) >= 11 is 1.41. The highest BCUT2D eigenvalue weighted by atomic mass is 32.1. The molecule has 1 aromatic carbocycles. The van der Waals surface area contributed by atoms with Crippen LogP contribution in [0.1, 0.15) is 60.7 Å². The zero-order chi connectivity index (χ0) is 22.5. The summed E-state index contributed by atoms with van der Waals surface area (Å²) in [6.45, 7) is 7.32. The molecule has 0 spiro atoms. The predicted octanol–water partition coefficient (Wildman–Crippen LogP) is 4.15. The molecule has 3 rings (SSSR count). The number of hydrogen-bond donors (Lipinski definition) is 1. The molecule has 1 N–H and O–H groups in total. The maximum atomic E-state index is 12.8. The van der Waals surface area contributed by atoms with E-state index >= 15 is 0 Å². The molecule has 9 heteroatoms. The number of hydrogen-bond acceptors (Lipinski definition) is 8. The minimum Gasteiger partial charge on any atom is -0.493 e. The lowest BCUT2D eigenvalue weighted by atomic mass is 10.0. The molecule has 0 aliphatic carbocycles. The molecule has 3 aromatic rings. The number of pyridine rings is 1. The van der Waals surface area contributed by atoms with E-state index in [0.717, 1.165) is 10.6 Å². The molecule has 0 fully saturated rings. The molecule has 0 saturated carbocycles. The van der Waals surface area contributed by atoms with Crippen molar-refractivity contribution >= 4 is 23.2 Å². The molecule has 0 unspecified atom stereocenters. The van der Waals surface area contributed by atoms with Crippen LogP contribution in [0.25, 0.3) is 10.6 Å². The molecule has 0 saturated heterocycles. The molecule has 0 aliphatic rings. The van der Waals surface area contributed by atoms with Gasteiger partial charge in [0.15, 0.2) is 11.4 Å². The highest BCUT2D eigenvalue weighted by Gasteiger charge is 2.23. The number of benzene rings is 1. The lowest BCUT2D eigenvalue weighted by molar-refractivity contribution is -0.132. The molecule has 162 valence electrons. The first-order valence-electron chi connectivity index (χ1n) is 9.76. The van der Waals surface area contributed by atoms with E-state index in [1.54, 1.807) is 6.92 Å². The third kappa shape index (κ3) is 5.24. The van der Waals surface area contributed by atoms with Crippen molar-refractivity contribution in [2.75, 3.05) is 7.11 Å². The van der Waals surface area contributed by atoms with Gasteiger partial charge in [-0.2, -0.15) is 0 Å². The summed E-state index contributed by atoms with van der Waals surface area (Å²) in [4.78, 5) is 28.3. The van der Waals surface area contributed by atoms with Crippen LogP contribution in [0, 0.1) is 0 Å².